The molecule has 0 unspecified atom stereocenters. The number of hydrogen-bond donors (Lipinski definition) is 0. The molecule has 102 valence electrons. The molecule has 0 aliphatic carbocycles. The molecule has 0 N–H and O–H groups in total. The molecule has 1 aromatic carbocycles. The van der Waals surface area contributed by atoms with E-state index in [1.807, 2.05) is 18.2 Å². The molecule has 20 heavy (non-hydrogen) atoms. The smallest absolute Gasteiger partial charge is 0.227 e. The van der Waals surface area contributed by atoms with E-state index in [-0.39, 0.29) is 0 Å². The number of hydrogen-bond acceptors (Lipinski definition) is 4. The van der Waals surface area contributed by atoms with Crippen LogP contribution in [0.4, 0.5) is 5.69 Å². The Balaban J connectivity index is 1.94. The molecule has 0 spiro atoms. The zero-order valence-electron chi connectivity index (χ0n) is 11.7. The highest BCUT2D eigenvalue weighted by atomic mass is 16.3. The molecular formula is C16H17N3O. The second kappa shape index (κ2) is 5.33. The van der Waals surface area contributed by atoms with Crippen LogP contribution in [-0.2, 0) is 0 Å². The maximum Gasteiger partial charge on any atom is 0.227 e. The largest absolute Gasteiger partial charge is 0.436 e. The lowest BCUT2D eigenvalue weighted by molar-refractivity contribution is 0.619. The lowest BCUT2D eigenvalue weighted by atomic mass is 10.2. The minimum Gasteiger partial charge on any atom is -0.436 e. The SMILES string of the molecule is CCN(CC)c1ccc(-c2nc3cnccc3o2)cc1. The number of nitrogens with zero attached hydrogens (tertiary/aromatic N) is 3. The highest BCUT2D eigenvalue weighted by Gasteiger charge is 2.08. The minimum absolute atomic E-state index is 0.638. The first-order valence-corrected chi connectivity index (χ1v) is 6.87. The van der Waals surface area contributed by atoms with Gasteiger partial charge in [0.2, 0.25) is 5.89 Å². The second-order valence-corrected chi connectivity index (χ2v) is 4.58. The molecular weight excluding hydrogens is 250 g/mol. The molecule has 2 aromatic heterocycles. The van der Waals surface area contributed by atoms with Gasteiger partial charge in [0, 0.05) is 36.6 Å². The third-order valence-corrected chi connectivity index (χ3v) is 3.43. The highest BCUT2D eigenvalue weighted by molar-refractivity contribution is 5.75. The molecule has 0 saturated carbocycles. The topological polar surface area (TPSA) is 42.2 Å². The Hall–Kier alpha value is -2.36. The number of fused-ring (bicyclic) bond motifs is 1. The predicted molar refractivity (Wildman–Crippen MR) is 80.8 cm³/mol. The van der Waals surface area contributed by atoms with E-state index in [4.69, 9.17) is 4.42 Å². The van der Waals surface area contributed by atoms with Crippen LogP contribution in [0.3, 0.4) is 0 Å². The van der Waals surface area contributed by atoms with Gasteiger partial charge in [-0.2, -0.15) is 0 Å². The van der Waals surface area contributed by atoms with Crippen molar-refractivity contribution in [1.29, 1.82) is 0 Å². The van der Waals surface area contributed by atoms with Crippen molar-refractivity contribution in [3.05, 3.63) is 42.7 Å². The molecule has 0 amide bonds. The van der Waals surface area contributed by atoms with Gasteiger partial charge in [-0.15, -0.1) is 0 Å². The number of rotatable bonds is 4. The molecule has 4 nitrogen and oxygen atoms in total. The van der Waals surface area contributed by atoms with Crippen molar-refractivity contribution in [3.8, 4) is 11.5 Å². The Morgan fingerprint density at radius 2 is 1.80 bits per heavy atom. The Morgan fingerprint density at radius 3 is 2.45 bits per heavy atom. The molecule has 0 aliphatic rings. The maximum atomic E-state index is 5.74. The van der Waals surface area contributed by atoms with Crippen molar-refractivity contribution in [2.45, 2.75) is 13.8 Å². The summed E-state index contributed by atoms with van der Waals surface area (Å²) in [6, 6.07) is 10.1. The summed E-state index contributed by atoms with van der Waals surface area (Å²) in [4.78, 5) is 10.8. The van der Waals surface area contributed by atoms with Gasteiger partial charge < -0.3 is 9.32 Å². The van der Waals surface area contributed by atoms with Gasteiger partial charge in [0.25, 0.3) is 0 Å². The van der Waals surface area contributed by atoms with Crippen molar-refractivity contribution < 1.29 is 4.42 Å². The van der Waals surface area contributed by atoms with Gasteiger partial charge in [-0.25, -0.2) is 4.98 Å². The summed E-state index contributed by atoms with van der Waals surface area (Å²) in [7, 11) is 0. The van der Waals surface area contributed by atoms with Crippen LogP contribution in [0, 0.1) is 0 Å². The van der Waals surface area contributed by atoms with E-state index in [1.165, 1.54) is 5.69 Å². The van der Waals surface area contributed by atoms with E-state index < -0.39 is 0 Å². The van der Waals surface area contributed by atoms with Gasteiger partial charge in [-0.1, -0.05) is 0 Å². The van der Waals surface area contributed by atoms with E-state index in [1.54, 1.807) is 12.4 Å². The molecule has 0 bridgehead atoms. The predicted octanol–water partition coefficient (Wildman–Crippen LogP) is 3.74. The van der Waals surface area contributed by atoms with Crippen LogP contribution in [0.15, 0.2) is 47.1 Å². The number of anilines is 1. The molecule has 0 fully saturated rings. The van der Waals surface area contributed by atoms with Crippen LogP contribution in [0.25, 0.3) is 22.6 Å². The van der Waals surface area contributed by atoms with Gasteiger partial charge in [0.05, 0.1) is 6.20 Å². The summed E-state index contributed by atoms with van der Waals surface area (Å²) in [5.74, 6) is 0.638. The van der Waals surface area contributed by atoms with E-state index in [9.17, 15) is 0 Å². The normalized spacial score (nSPS) is 10.9. The van der Waals surface area contributed by atoms with Crippen LogP contribution in [0.1, 0.15) is 13.8 Å². The van der Waals surface area contributed by atoms with Crippen molar-refractivity contribution >= 4 is 16.8 Å². The fourth-order valence-electron chi connectivity index (χ4n) is 2.31. The molecule has 0 radical (unpaired) electrons. The fraction of sp³-hybridized carbons (Fsp3) is 0.250. The first-order chi connectivity index (χ1) is 9.81. The lowest BCUT2D eigenvalue weighted by Crippen LogP contribution is -2.21. The van der Waals surface area contributed by atoms with Gasteiger partial charge in [0.1, 0.15) is 5.52 Å². The first kappa shape index (κ1) is 12.7. The van der Waals surface area contributed by atoms with E-state index in [2.05, 4.69) is 40.8 Å². The average Bonchev–Trinajstić information content (AvgIpc) is 2.93. The summed E-state index contributed by atoms with van der Waals surface area (Å²) < 4.78 is 5.74. The molecule has 3 rings (SSSR count). The van der Waals surface area contributed by atoms with Gasteiger partial charge in [-0.05, 0) is 38.1 Å². The molecule has 0 aliphatic heterocycles. The van der Waals surface area contributed by atoms with E-state index in [0.29, 0.717) is 5.89 Å². The summed E-state index contributed by atoms with van der Waals surface area (Å²) in [5, 5.41) is 0. The van der Waals surface area contributed by atoms with Crippen molar-refractivity contribution in [2.75, 3.05) is 18.0 Å². The standard InChI is InChI=1S/C16H17N3O/c1-3-19(4-2)13-7-5-12(6-8-13)16-18-14-11-17-10-9-15(14)20-16/h5-11H,3-4H2,1-2H3. The Bertz CT molecular complexity index is 666. The summed E-state index contributed by atoms with van der Waals surface area (Å²) >= 11 is 0. The number of oxazole rings is 1. The average molecular weight is 267 g/mol. The molecule has 4 heteroatoms. The zero-order chi connectivity index (χ0) is 13.9. The number of aromatic nitrogens is 2. The van der Waals surface area contributed by atoms with Gasteiger partial charge in [0.15, 0.2) is 5.58 Å². The zero-order valence-corrected chi connectivity index (χ0v) is 11.7. The lowest BCUT2D eigenvalue weighted by Gasteiger charge is -2.20. The Morgan fingerprint density at radius 1 is 1.05 bits per heavy atom. The van der Waals surface area contributed by atoms with E-state index >= 15 is 0 Å². The summed E-state index contributed by atoms with van der Waals surface area (Å²) in [5.41, 5.74) is 3.76. The highest BCUT2D eigenvalue weighted by Crippen LogP contribution is 2.25. The van der Waals surface area contributed by atoms with E-state index in [0.717, 1.165) is 29.8 Å². The third kappa shape index (κ3) is 2.25. The third-order valence-electron chi connectivity index (χ3n) is 3.43. The van der Waals surface area contributed by atoms with Gasteiger partial charge >= 0.3 is 0 Å². The quantitative estimate of drug-likeness (QED) is 0.722. The fourth-order valence-corrected chi connectivity index (χ4v) is 2.31. The van der Waals surface area contributed by atoms with Crippen LogP contribution < -0.4 is 4.90 Å². The first-order valence-electron chi connectivity index (χ1n) is 6.87. The summed E-state index contributed by atoms with van der Waals surface area (Å²) in [6.07, 6.45) is 3.42. The van der Waals surface area contributed by atoms with Crippen LogP contribution in [-0.4, -0.2) is 23.1 Å². The minimum atomic E-state index is 0.638. The van der Waals surface area contributed by atoms with Crippen LogP contribution >= 0.6 is 0 Å². The van der Waals surface area contributed by atoms with Crippen molar-refractivity contribution in [2.24, 2.45) is 0 Å². The van der Waals surface area contributed by atoms with Crippen molar-refractivity contribution in [1.82, 2.24) is 9.97 Å². The second-order valence-electron chi connectivity index (χ2n) is 4.58. The Kier molecular flexibility index (Phi) is 3.37. The van der Waals surface area contributed by atoms with Crippen molar-refractivity contribution in [3.63, 3.8) is 0 Å². The van der Waals surface area contributed by atoms with Crippen LogP contribution in [0.2, 0.25) is 0 Å². The molecule has 0 saturated heterocycles. The number of benzene rings is 1. The molecule has 3 aromatic rings. The summed E-state index contributed by atoms with van der Waals surface area (Å²) in [6.45, 7) is 6.32. The molecule has 2 heterocycles. The maximum absolute atomic E-state index is 5.74. The van der Waals surface area contributed by atoms with Crippen LogP contribution in [0.5, 0.6) is 0 Å². The Labute approximate surface area is 118 Å². The molecule has 0 atom stereocenters. The van der Waals surface area contributed by atoms with Gasteiger partial charge in [-0.3, -0.25) is 4.98 Å². The monoisotopic (exact) mass is 267 g/mol. The number of pyridine rings is 1.